The highest BCUT2D eigenvalue weighted by Gasteiger charge is 2.46. The molecule has 0 saturated carbocycles. The lowest BCUT2D eigenvalue weighted by atomic mass is 9.80. The molecule has 9 nitrogen and oxygen atoms in total. The SMILES string of the molecule is CC.CC1CC(=O)N(C2c3cc(C(=O)NC4CC(C)(C)Oc5ccccc54)ccc3OCC(C)(C)C2O)C(N)=N1. The number of carbonyl (C=O) groups is 2. The number of aliphatic hydroxyl groups excluding tert-OH is 1. The van der Waals surface area contributed by atoms with Crippen LogP contribution >= 0.6 is 0 Å². The maximum Gasteiger partial charge on any atom is 0.251 e. The zero-order valence-electron chi connectivity index (χ0n) is 24.5. The summed E-state index contributed by atoms with van der Waals surface area (Å²) in [7, 11) is 0. The van der Waals surface area contributed by atoms with Crippen LogP contribution in [0.3, 0.4) is 0 Å². The molecule has 4 N–H and O–H groups in total. The number of hydrogen-bond acceptors (Lipinski definition) is 7. The number of guanidine groups is 1. The van der Waals surface area contributed by atoms with Crippen LogP contribution in [0.5, 0.6) is 11.5 Å². The first-order valence-corrected chi connectivity index (χ1v) is 14.1. The van der Waals surface area contributed by atoms with Gasteiger partial charge in [0.25, 0.3) is 5.91 Å². The summed E-state index contributed by atoms with van der Waals surface area (Å²) in [5, 5.41) is 14.7. The fourth-order valence-corrected chi connectivity index (χ4v) is 5.56. The number of aliphatic imine (C=N–C) groups is 1. The van der Waals surface area contributed by atoms with Crippen LogP contribution in [0.15, 0.2) is 47.5 Å². The molecule has 9 heteroatoms. The number of hydrogen-bond donors (Lipinski definition) is 3. The number of aliphatic hydroxyl groups is 1. The second-order valence-corrected chi connectivity index (χ2v) is 11.9. The van der Waals surface area contributed by atoms with E-state index in [1.54, 1.807) is 18.2 Å². The minimum Gasteiger partial charge on any atom is -0.493 e. The summed E-state index contributed by atoms with van der Waals surface area (Å²) in [6.45, 7) is 13.8. The second-order valence-electron chi connectivity index (χ2n) is 11.9. The summed E-state index contributed by atoms with van der Waals surface area (Å²) < 4.78 is 12.2. The van der Waals surface area contributed by atoms with Crippen molar-refractivity contribution in [3.05, 3.63) is 59.2 Å². The number of ether oxygens (including phenoxy) is 2. The third kappa shape index (κ3) is 5.66. The van der Waals surface area contributed by atoms with Gasteiger partial charge in [-0.15, -0.1) is 0 Å². The van der Waals surface area contributed by atoms with Crippen molar-refractivity contribution in [2.45, 2.75) is 91.1 Å². The van der Waals surface area contributed by atoms with E-state index in [1.807, 2.05) is 72.7 Å². The zero-order valence-corrected chi connectivity index (χ0v) is 24.5. The van der Waals surface area contributed by atoms with Crippen molar-refractivity contribution in [3.8, 4) is 11.5 Å². The van der Waals surface area contributed by atoms with Crippen LogP contribution in [0.1, 0.15) is 94.9 Å². The number of para-hydroxylation sites is 1. The summed E-state index contributed by atoms with van der Waals surface area (Å²) in [5.74, 6) is 0.795. The van der Waals surface area contributed by atoms with Crippen LogP contribution in [0.4, 0.5) is 0 Å². The lowest BCUT2D eigenvalue weighted by Gasteiger charge is -2.40. The molecule has 3 aliphatic rings. The number of nitrogens with one attached hydrogen (secondary N) is 1. The highest BCUT2D eigenvalue weighted by Crippen LogP contribution is 2.44. The van der Waals surface area contributed by atoms with Crippen molar-refractivity contribution < 1.29 is 24.2 Å². The van der Waals surface area contributed by atoms with Crippen molar-refractivity contribution in [1.29, 1.82) is 0 Å². The van der Waals surface area contributed by atoms with Crippen LogP contribution in [-0.4, -0.2) is 52.1 Å². The van der Waals surface area contributed by atoms with E-state index in [2.05, 4.69) is 10.3 Å². The van der Waals surface area contributed by atoms with Crippen molar-refractivity contribution in [2.75, 3.05) is 6.61 Å². The van der Waals surface area contributed by atoms with Crippen molar-refractivity contribution in [2.24, 2.45) is 16.1 Å². The average molecular weight is 551 g/mol. The van der Waals surface area contributed by atoms with Gasteiger partial charge in [-0.25, -0.2) is 4.99 Å². The molecule has 3 heterocycles. The Morgan fingerprint density at radius 3 is 2.50 bits per heavy atom. The first-order valence-electron chi connectivity index (χ1n) is 14.1. The summed E-state index contributed by atoms with van der Waals surface area (Å²) in [4.78, 5) is 32.5. The molecule has 0 fully saturated rings. The van der Waals surface area contributed by atoms with Gasteiger partial charge in [0.05, 0.1) is 30.8 Å². The fourth-order valence-electron chi connectivity index (χ4n) is 5.56. The highest BCUT2D eigenvalue weighted by molar-refractivity contribution is 5.99. The molecule has 2 amide bonds. The van der Waals surface area contributed by atoms with Gasteiger partial charge in [-0.3, -0.25) is 14.5 Å². The standard InChI is InChI=1S/C29H36N4O5.C2H6/c1-16-12-23(34)33(27(30)31-16)24-19-13-17(10-11-21(19)37-15-28(2,3)25(24)35)26(36)32-20-14-29(4,5)38-22-9-7-6-8-18(20)22;1-2/h6-11,13,16,20,24-25,35H,12,14-15H2,1-5H3,(H2,30,31)(H,32,36);1-2H3. The number of fused-ring (bicyclic) bond motifs is 2. The Balaban J connectivity index is 0.00000181. The molecular formula is C31H42N4O5. The van der Waals surface area contributed by atoms with E-state index in [1.165, 1.54) is 4.90 Å². The van der Waals surface area contributed by atoms with Crippen LogP contribution < -0.4 is 20.5 Å². The Morgan fingerprint density at radius 1 is 1.10 bits per heavy atom. The minimum atomic E-state index is -1.02. The quantitative estimate of drug-likeness (QED) is 0.517. The molecule has 0 aromatic heterocycles. The highest BCUT2D eigenvalue weighted by atomic mass is 16.5. The van der Waals surface area contributed by atoms with E-state index in [0.29, 0.717) is 23.3 Å². The number of nitrogens with two attached hydrogens (primary N) is 1. The Morgan fingerprint density at radius 2 is 1.80 bits per heavy atom. The number of rotatable bonds is 3. The van der Waals surface area contributed by atoms with E-state index in [0.717, 1.165) is 11.3 Å². The van der Waals surface area contributed by atoms with Crippen molar-refractivity contribution >= 4 is 17.8 Å². The normalized spacial score (nSPS) is 26.4. The van der Waals surface area contributed by atoms with Crippen LogP contribution in [0, 0.1) is 5.41 Å². The topological polar surface area (TPSA) is 126 Å². The lowest BCUT2D eigenvalue weighted by molar-refractivity contribution is -0.134. The molecule has 0 bridgehead atoms. The summed E-state index contributed by atoms with van der Waals surface area (Å²) in [6.07, 6.45) is -0.233. The van der Waals surface area contributed by atoms with E-state index in [-0.39, 0.29) is 42.9 Å². The summed E-state index contributed by atoms with van der Waals surface area (Å²) in [5.41, 5.74) is 6.93. The van der Waals surface area contributed by atoms with Gasteiger partial charge < -0.3 is 25.6 Å². The molecule has 40 heavy (non-hydrogen) atoms. The smallest absolute Gasteiger partial charge is 0.251 e. The van der Waals surface area contributed by atoms with Crippen LogP contribution in [-0.2, 0) is 4.79 Å². The fraction of sp³-hybridized carbons (Fsp3) is 0.516. The van der Waals surface area contributed by atoms with E-state index >= 15 is 0 Å². The maximum absolute atomic E-state index is 13.6. The van der Waals surface area contributed by atoms with Crippen molar-refractivity contribution in [3.63, 3.8) is 0 Å². The van der Waals surface area contributed by atoms with Crippen LogP contribution in [0.25, 0.3) is 0 Å². The molecule has 2 aromatic carbocycles. The predicted molar refractivity (Wildman–Crippen MR) is 154 cm³/mol. The summed E-state index contributed by atoms with van der Waals surface area (Å²) in [6, 6.07) is 11.5. The van der Waals surface area contributed by atoms with E-state index in [9.17, 15) is 14.7 Å². The molecular weight excluding hydrogens is 508 g/mol. The van der Waals surface area contributed by atoms with E-state index < -0.39 is 23.2 Å². The van der Waals surface area contributed by atoms with Gasteiger partial charge in [0, 0.05) is 34.9 Å². The first kappa shape index (κ1) is 29.4. The third-order valence-electron chi connectivity index (χ3n) is 7.59. The lowest BCUT2D eigenvalue weighted by Crippen LogP contribution is -2.54. The second kappa shape index (κ2) is 11.1. The molecule has 0 radical (unpaired) electrons. The zero-order chi connectivity index (χ0) is 29.4. The first-order chi connectivity index (χ1) is 18.9. The molecule has 0 saturated heterocycles. The van der Waals surface area contributed by atoms with Gasteiger partial charge in [0.15, 0.2) is 5.96 Å². The van der Waals surface area contributed by atoms with Gasteiger partial charge >= 0.3 is 0 Å². The number of nitrogens with zero attached hydrogens (tertiary/aromatic N) is 2. The van der Waals surface area contributed by atoms with Gasteiger partial charge in [0.2, 0.25) is 5.91 Å². The predicted octanol–water partition coefficient (Wildman–Crippen LogP) is 4.50. The Bertz CT molecular complexity index is 1300. The Hall–Kier alpha value is -3.59. The maximum atomic E-state index is 13.6. The third-order valence-corrected chi connectivity index (χ3v) is 7.59. The van der Waals surface area contributed by atoms with Gasteiger partial charge in [-0.2, -0.15) is 0 Å². The van der Waals surface area contributed by atoms with Crippen molar-refractivity contribution in [1.82, 2.24) is 10.2 Å². The Kier molecular flexibility index (Phi) is 8.17. The van der Waals surface area contributed by atoms with E-state index in [4.69, 9.17) is 15.2 Å². The van der Waals surface area contributed by atoms with Crippen LogP contribution in [0.2, 0.25) is 0 Å². The molecule has 4 unspecified atom stereocenters. The molecule has 0 aliphatic carbocycles. The van der Waals surface area contributed by atoms with Gasteiger partial charge in [0.1, 0.15) is 17.1 Å². The molecule has 216 valence electrons. The average Bonchev–Trinajstić information content (AvgIpc) is 2.98. The minimum absolute atomic E-state index is 0.0531. The Labute approximate surface area is 236 Å². The molecule has 5 rings (SSSR count). The largest absolute Gasteiger partial charge is 0.493 e. The van der Waals surface area contributed by atoms with Gasteiger partial charge in [-0.1, -0.05) is 45.9 Å². The monoisotopic (exact) mass is 550 g/mol. The number of carbonyl (C=O) groups excluding carboxylic acids is 2. The molecule has 0 spiro atoms. The van der Waals surface area contributed by atoms with Gasteiger partial charge in [-0.05, 0) is 45.0 Å². The summed E-state index contributed by atoms with van der Waals surface area (Å²) >= 11 is 0. The number of benzene rings is 2. The number of amides is 2. The molecule has 4 atom stereocenters. The molecule has 3 aliphatic heterocycles. The molecule has 2 aromatic rings.